The first-order valence-electron chi connectivity index (χ1n) is 6.92. The van der Waals surface area contributed by atoms with Gasteiger partial charge in [0.15, 0.2) is 0 Å². The number of rotatable bonds is 6. The average Bonchev–Trinajstić information content (AvgIpc) is 2.48. The third-order valence-electron chi connectivity index (χ3n) is 2.50. The first-order chi connectivity index (χ1) is 10.0. The Morgan fingerprint density at radius 3 is 1.90 bits per heavy atom. The Bertz CT molecular complexity index is 466. The Hall–Kier alpha value is -2.17. The predicted molar refractivity (Wildman–Crippen MR) is 80.9 cm³/mol. The van der Waals surface area contributed by atoms with Crippen LogP contribution < -0.4 is 5.32 Å². The lowest BCUT2D eigenvalue weighted by molar-refractivity contribution is -0.141. The summed E-state index contributed by atoms with van der Waals surface area (Å²) in [6, 6.07) is 7.25. The molecule has 1 rings (SSSR count). The van der Waals surface area contributed by atoms with Gasteiger partial charge in [-0.15, -0.1) is 0 Å². The number of esters is 1. The van der Waals surface area contributed by atoms with Crippen molar-refractivity contribution < 1.29 is 19.1 Å². The molecule has 0 atom stereocenters. The van der Waals surface area contributed by atoms with E-state index in [9.17, 15) is 14.4 Å². The van der Waals surface area contributed by atoms with Crippen molar-refractivity contribution in [1.82, 2.24) is 5.32 Å². The van der Waals surface area contributed by atoms with E-state index in [2.05, 4.69) is 10.1 Å². The lowest BCUT2D eigenvalue weighted by Crippen LogP contribution is -2.31. The molecule has 0 aromatic heterocycles. The van der Waals surface area contributed by atoms with Crippen LogP contribution in [0.15, 0.2) is 24.3 Å². The molecule has 1 amide bonds. The van der Waals surface area contributed by atoms with Gasteiger partial charge in [0.2, 0.25) is 5.91 Å². The van der Waals surface area contributed by atoms with Gasteiger partial charge < -0.3 is 10.1 Å². The van der Waals surface area contributed by atoms with Crippen LogP contribution in [-0.2, 0) is 32.0 Å². The molecule has 0 aliphatic carbocycles. The molecule has 21 heavy (non-hydrogen) atoms. The van der Waals surface area contributed by atoms with Gasteiger partial charge in [-0.2, -0.15) is 0 Å². The van der Waals surface area contributed by atoms with Gasteiger partial charge >= 0.3 is 5.97 Å². The number of nitrogens with one attached hydrogen (secondary N) is 1. The lowest BCUT2D eigenvalue weighted by Gasteiger charge is -2.05. The van der Waals surface area contributed by atoms with Crippen LogP contribution in [0.5, 0.6) is 0 Å². The number of ketones is 1. The zero-order valence-corrected chi connectivity index (χ0v) is 13.1. The smallest absolute Gasteiger partial charge is 0.325 e. The largest absolute Gasteiger partial charge is 0.468 e. The van der Waals surface area contributed by atoms with Crippen LogP contribution in [0, 0.1) is 0 Å². The van der Waals surface area contributed by atoms with E-state index in [4.69, 9.17) is 0 Å². The normalized spacial score (nSPS) is 9.14. The molecule has 0 saturated heterocycles. The Kier molecular flexibility index (Phi) is 9.50. The van der Waals surface area contributed by atoms with Crippen molar-refractivity contribution in [2.45, 2.75) is 33.6 Å². The van der Waals surface area contributed by atoms with Crippen LogP contribution in [0.1, 0.15) is 31.9 Å². The number of methoxy groups -OCH3 is 1. The van der Waals surface area contributed by atoms with Crippen molar-refractivity contribution >= 4 is 17.7 Å². The molecule has 116 valence electrons. The van der Waals surface area contributed by atoms with Crippen molar-refractivity contribution in [1.29, 1.82) is 0 Å². The molecule has 1 aromatic carbocycles. The van der Waals surface area contributed by atoms with E-state index >= 15 is 0 Å². The van der Waals surface area contributed by atoms with Crippen molar-refractivity contribution in [3.8, 4) is 0 Å². The van der Waals surface area contributed by atoms with Crippen molar-refractivity contribution in [3.63, 3.8) is 0 Å². The highest BCUT2D eigenvalue weighted by Crippen LogP contribution is 2.06. The molecule has 0 bridgehead atoms. The number of hydrogen-bond acceptors (Lipinski definition) is 4. The second kappa shape index (κ2) is 10.6. The van der Waals surface area contributed by atoms with Gasteiger partial charge in [-0.3, -0.25) is 14.4 Å². The third-order valence-corrected chi connectivity index (χ3v) is 2.50. The van der Waals surface area contributed by atoms with Crippen LogP contribution in [-0.4, -0.2) is 31.3 Å². The number of carbonyl (C=O) groups excluding carboxylic acids is 3. The summed E-state index contributed by atoms with van der Waals surface area (Å²) in [6.45, 7) is 5.41. The number of benzene rings is 1. The maximum atomic E-state index is 11.5. The fourth-order valence-corrected chi connectivity index (χ4v) is 1.55. The molecule has 0 fully saturated rings. The fourth-order valence-electron chi connectivity index (χ4n) is 1.55. The minimum atomic E-state index is -0.481. The zero-order valence-electron chi connectivity index (χ0n) is 13.1. The van der Waals surface area contributed by atoms with Crippen molar-refractivity contribution in [2.24, 2.45) is 0 Å². The van der Waals surface area contributed by atoms with Gasteiger partial charge in [-0.25, -0.2) is 0 Å². The Balaban J connectivity index is 0.00000191. The quantitative estimate of drug-likeness (QED) is 0.810. The van der Waals surface area contributed by atoms with Gasteiger partial charge in [0, 0.05) is 6.42 Å². The number of Topliss-reactive ketones (excluding diaryl/α,β-unsaturated/α-hetero) is 1. The molecule has 1 aromatic rings. The summed E-state index contributed by atoms with van der Waals surface area (Å²) in [5.74, 6) is -0.626. The molecule has 0 saturated carbocycles. The van der Waals surface area contributed by atoms with Gasteiger partial charge in [0.05, 0.1) is 13.5 Å². The molecule has 5 heteroatoms. The van der Waals surface area contributed by atoms with E-state index in [0.29, 0.717) is 6.42 Å². The lowest BCUT2D eigenvalue weighted by atomic mass is 10.1. The summed E-state index contributed by atoms with van der Waals surface area (Å²) in [5.41, 5.74) is 1.75. The Labute approximate surface area is 125 Å². The first-order valence-corrected chi connectivity index (χ1v) is 6.92. The minimum Gasteiger partial charge on any atom is -0.468 e. The molecule has 0 spiro atoms. The van der Waals surface area contributed by atoms with E-state index in [1.54, 1.807) is 12.1 Å². The summed E-state index contributed by atoms with van der Waals surface area (Å²) in [6.07, 6.45) is 0.589. The number of hydrogen-bond donors (Lipinski definition) is 1. The van der Waals surface area contributed by atoms with Crippen LogP contribution in [0.3, 0.4) is 0 Å². The number of ether oxygens (including phenoxy) is 1. The van der Waals surface area contributed by atoms with Gasteiger partial charge in [0.1, 0.15) is 12.3 Å². The van der Waals surface area contributed by atoms with Gasteiger partial charge in [-0.05, 0) is 18.1 Å². The summed E-state index contributed by atoms with van der Waals surface area (Å²) in [5, 5.41) is 2.46. The topological polar surface area (TPSA) is 72.5 Å². The third kappa shape index (κ3) is 8.57. The molecule has 0 aliphatic heterocycles. The second-order valence-corrected chi connectivity index (χ2v) is 4.22. The molecule has 5 nitrogen and oxygen atoms in total. The summed E-state index contributed by atoms with van der Waals surface area (Å²) < 4.78 is 4.42. The molecule has 0 aliphatic rings. The summed E-state index contributed by atoms with van der Waals surface area (Å²) in [4.78, 5) is 33.3. The fraction of sp³-hybridized carbons (Fsp3) is 0.438. The molecule has 1 N–H and O–H groups in total. The zero-order chi connectivity index (χ0) is 16.3. The van der Waals surface area contributed by atoms with E-state index in [1.807, 2.05) is 26.0 Å². The highest BCUT2D eigenvalue weighted by atomic mass is 16.5. The van der Waals surface area contributed by atoms with E-state index < -0.39 is 5.97 Å². The van der Waals surface area contributed by atoms with Crippen LogP contribution in [0.4, 0.5) is 0 Å². The highest BCUT2D eigenvalue weighted by molar-refractivity contribution is 5.83. The molecular weight excluding hydrogens is 270 g/mol. The number of amides is 1. The number of carbonyl (C=O) groups is 3. The Morgan fingerprint density at radius 2 is 1.48 bits per heavy atom. The molecular formula is C16H23NO4. The monoisotopic (exact) mass is 293 g/mol. The SMILES string of the molecule is CC.COC(=O)CNC(=O)Cc1ccc(CC(C)=O)cc1. The van der Waals surface area contributed by atoms with Gasteiger partial charge in [-0.1, -0.05) is 38.1 Å². The van der Waals surface area contributed by atoms with E-state index in [1.165, 1.54) is 14.0 Å². The van der Waals surface area contributed by atoms with Crippen LogP contribution in [0.2, 0.25) is 0 Å². The van der Waals surface area contributed by atoms with E-state index in [0.717, 1.165) is 11.1 Å². The predicted octanol–water partition coefficient (Wildman–Crippen LogP) is 1.68. The van der Waals surface area contributed by atoms with Crippen molar-refractivity contribution in [2.75, 3.05) is 13.7 Å². The maximum absolute atomic E-state index is 11.5. The summed E-state index contributed by atoms with van der Waals surface area (Å²) >= 11 is 0. The average molecular weight is 293 g/mol. The summed E-state index contributed by atoms with van der Waals surface area (Å²) in [7, 11) is 1.27. The first kappa shape index (κ1) is 18.8. The maximum Gasteiger partial charge on any atom is 0.325 e. The van der Waals surface area contributed by atoms with Gasteiger partial charge in [0.25, 0.3) is 0 Å². The van der Waals surface area contributed by atoms with Crippen LogP contribution >= 0.6 is 0 Å². The highest BCUT2D eigenvalue weighted by Gasteiger charge is 2.06. The standard InChI is InChI=1S/C14H17NO4.C2H6/c1-10(16)7-11-3-5-12(6-4-11)8-13(17)15-9-14(18)19-2;1-2/h3-6H,7-9H2,1-2H3,(H,15,17);1-2H3. The molecule has 0 unspecified atom stereocenters. The Morgan fingerprint density at radius 1 is 1.00 bits per heavy atom. The molecule has 0 heterocycles. The van der Waals surface area contributed by atoms with Crippen molar-refractivity contribution in [3.05, 3.63) is 35.4 Å². The van der Waals surface area contributed by atoms with Crippen LogP contribution in [0.25, 0.3) is 0 Å². The van der Waals surface area contributed by atoms with E-state index in [-0.39, 0.29) is 24.7 Å². The minimum absolute atomic E-state index is 0.101. The molecule has 0 radical (unpaired) electrons. The second-order valence-electron chi connectivity index (χ2n) is 4.22.